The van der Waals surface area contributed by atoms with Crippen LogP contribution in [-0.2, 0) is 22.5 Å². The minimum absolute atomic E-state index is 0. The van der Waals surface area contributed by atoms with Gasteiger partial charge in [0, 0.05) is 0 Å². The van der Waals surface area contributed by atoms with Crippen LogP contribution in [0.5, 0.6) is 0 Å². The van der Waals surface area contributed by atoms with Crippen molar-refractivity contribution in [2.45, 2.75) is 0 Å². The minimum atomic E-state index is -1.44. The Balaban J connectivity index is -0.00000000667. The third-order valence-corrected chi connectivity index (χ3v) is 0. The first-order valence-electron chi connectivity index (χ1n) is 0.309. The van der Waals surface area contributed by atoms with Gasteiger partial charge < -0.3 is 1.43 Å². The first kappa shape index (κ1) is 16.3. The molecule has 5 heavy (non-hydrogen) atoms. The third-order valence-electron chi connectivity index (χ3n) is 0. The number of hydrogen-bond acceptors (Lipinski definition) is 2. The zero-order valence-corrected chi connectivity index (χ0v) is 3.37. The molecule has 0 unspecified atom stereocenters. The molecular formula is H4AlLiMnO2. The Bertz CT molecular complexity index is 34.5. The predicted octanol–water partition coefficient (Wildman–Crippen LogP) is -4.31. The van der Waals surface area contributed by atoms with Crippen LogP contribution in [0.1, 0.15) is 1.43 Å². The summed E-state index contributed by atoms with van der Waals surface area (Å²) in [5.74, 6) is 0. The van der Waals surface area contributed by atoms with E-state index in [4.69, 9.17) is 7.67 Å². The topological polar surface area (TPSA) is 34.1 Å². The molecule has 0 amide bonds. The zero-order valence-electron chi connectivity index (χ0n) is 3.19. The van der Waals surface area contributed by atoms with Gasteiger partial charge in [0.15, 0.2) is 17.4 Å². The van der Waals surface area contributed by atoms with E-state index in [2.05, 4.69) is 0 Å². The standard InChI is InChI=1S/Al.Li.Mn.2O.4H/q;+1;;;;;;;-1. The summed E-state index contributed by atoms with van der Waals surface area (Å²) < 4.78 is 16.8. The molecule has 0 N–H and O–H groups in total. The van der Waals surface area contributed by atoms with Crippen LogP contribution in [0, 0.1) is 0 Å². The molecule has 0 aliphatic heterocycles. The number of hydrogen-bond donors (Lipinski definition) is 0. The van der Waals surface area contributed by atoms with Crippen molar-refractivity contribution in [3.8, 4) is 0 Å². The molecule has 0 saturated carbocycles. The molecule has 0 radical (unpaired) electrons. The van der Waals surface area contributed by atoms with Crippen LogP contribution in [0.4, 0.5) is 0 Å². The van der Waals surface area contributed by atoms with E-state index in [1.807, 2.05) is 0 Å². The fraction of sp³-hybridized carbons (Fsp3) is 0. The summed E-state index contributed by atoms with van der Waals surface area (Å²) in [7, 11) is 0. The van der Waals surface area contributed by atoms with Gasteiger partial charge in [-0.15, -0.1) is 0 Å². The summed E-state index contributed by atoms with van der Waals surface area (Å²) in [5.41, 5.74) is 0. The first-order chi connectivity index (χ1) is 1.41. The third kappa shape index (κ3) is 35.5. The van der Waals surface area contributed by atoms with Crippen LogP contribution in [0.2, 0.25) is 0 Å². The first-order valence-corrected chi connectivity index (χ1v) is 1.27. The van der Waals surface area contributed by atoms with Crippen molar-refractivity contribution in [3.63, 3.8) is 0 Å². The van der Waals surface area contributed by atoms with E-state index < -0.39 is 14.8 Å². The Morgan fingerprint density at radius 3 is 1.40 bits per heavy atom. The van der Waals surface area contributed by atoms with Crippen LogP contribution in [0.3, 0.4) is 0 Å². The predicted molar refractivity (Wildman–Crippen MR) is 12.4 cm³/mol. The normalized spacial score (nSPS) is 2.40. The van der Waals surface area contributed by atoms with E-state index in [0.29, 0.717) is 0 Å². The Hall–Kier alpha value is 1.25. The van der Waals surface area contributed by atoms with Crippen molar-refractivity contribution in [1.82, 2.24) is 0 Å². The van der Waals surface area contributed by atoms with Crippen LogP contribution in [0.15, 0.2) is 0 Å². The molecular weight excluding hydrogens is 121 g/mol. The van der Waals surface area contributed by atoms with E-state index in [9.17, 15) is 0 Å². The average Bonchev–Trinajstić information content (AvgIpc) is 0.918. The molecule has 0 aromatic rings. The SMILES string of the molecule is [AlH3].[H-].[Li+].[O]=[Mn]=[O]. The Morgan fingerprint density at radius 1 is 1.40 bits per heavy atom. The van der Waals surface area contributed by atoms with Gasteiger partial charge in [-0.2, -0.15) is 0 Å². The van der Waals surface area contributed by atoms with Gasteiger partial charge >= 0.3 is 41.4 Å². The van der Waals surface area contributed by atoms with Crippen LogP contribution < -0.4 is 18.9 Å². The molecule has 27 valence electrons. The summed E-state index contributed by atoms with van der Waals surface area (Å²) >= 11 is -1.44. The van der Waals surface area contributed by atoms with Gasteiger partial charge in [-0.05, 0) is 0 Å². The molecule has 0 aromatic heterocycles. The van der Waals surface area contributed by atoms with Crippen molar-refractivity contribution >= 4 is 17.4 Å². The molecule has 0 aliphatic carbocycles. The summed E-state index contributed by atoms with van der Waals surface area (Å²) in [6.45, 7) is 0. The van der Waals surface area contributed by atoms with Gasteiger partial charge in [0.25, 0.3) is 0 Å². The van der Waals surface area contributed by atoms with E-state index in [-0.39, 0.29) is 37.6 Å². The molecule has 0 fully saturated rings. The van der Waals surface area contributed by atoms with Crippen LogP contribution in [-0.4, -0.2) is 17.4 Å². The molecule has 0 rings (SSSR count). The monoisotopic (exact) mass is 125 g/mol. The fourth-order valence-corrected chi connectivity index (χ4v) is 0. The Kier molecular flexibility index (Phi) is 61.1. The van der Waals surface area contributed by atoms with Crippen molar-refractivity contribution in [3.05, 3.63) is 0 Å². The van der Waals surface area contributed by atoms with E-state index in [1.165, 1.54) is 0 Å². The molecule has 0 aliphatic rings. The van der Waals surface area contributed by atoms with Gasteiger partial charge in [-0.3, -0.25) is 0 Å². The maximum atomic E-state index is 8.41. The van der Waals surface area contributed by atoms with Gasteiger partial charge in [0.1, 0.15) is 0 Å². The molecule has 0 bridgehead atoms. The fourth-order valence-electron chi connectivity index (χ4n) is 0. The summed E-state index contributed by atoms with van der Waals surface area (Å²) in [4.78, 5) is 0. The van der Waals surface area contributed by atoms with Crippen molar-refractivity contribution in [2.75, 3.05) is 0 Å². The van der Waals surface area contributed by atoms with E-state index in [0.717, 1.165) is 0 Å². The quantitative estimate of drug-likeness (QED) is 0.307. The van der Waals surface area contributed by atoms with Gasteiger partial charge in [-0.1, -0.05) is 0 Å². The zero-order chi connectivity index (χ0) is 2.71. The molecule has 0 spiro atoms. The van der Waals surface area contributed by atoms with Crippen molar-refractivity contribution in [2.24, 2.45) is 0 Å². The Morgan fingerprint density at radius 2 is 1.40 bits per heavy atom. The average molecular weight is 125 g/mol. The summed E-state index contributed by atoms with van der Waals surface area (Å²) in [6.07, 6.45) is 0. The van der Waals surface area contributed by atoms with Crippen LogP contribution in [0.25, 0.3) is 0 Å². The molecule has 5 heteroatoms. The second kappa shape index (κ2) is 18.7. The van der Waals surface area contributed by atoms with Gasteiger partial charge in [-0.25, -0.2) is 0 Å². The van der Waals surface area contributed by atoms with E-state index >= 15 is 0 Å². The van der Waals surface area contributed by atoms with E-state index in [1.54, 1.807) is 0 Å². The molecule has 0 saturated heterocycles. The molecule has 0 heterocycles. The van der Waals surface area contributed by atoms with Gasteiger partial charge in [0.2, 0.25) is 0 Å². The number of rotatable bonds is 0. The molecule has 0 atom stereocenters. The molecule has 2 nitrogen and oxygen atoms in total. The summed E-state index contributed by atoms with van der Waals surface area (Å²) in [5, 5.41) is 0. The summed E-state index contributed by atoms with van der Waals surface area (Å²) in [6, 6.07) is 0. The second-order valence-corrected chi connectivity index (χ2v) is 0.260. The van der Waals surface area contributed by atoms with Crippen LogP contribution >= 0.6 is 0 Å². The van der Waals surface area contributed by atoms with Gasteiger partial charge in [0.05, 0.1) is 0 Å². The van der Waals surface area contributed by atoms with Crippen molar-refractivity contribution < 1.29 is 42.8 Å². The maximum absolute atomic E-state index is 8.41. The Labute approximate surface area is 60.1 Å². The second-order valence-electron chi connectivity index (χ2n) is 0.0630. The molecule has 0 aromatic carbocycles. The van der Waals surface area contributed by atoms with Crippen molar-refractivity contribution in [1.29, 1.82) is 0 Å².